The number of rotatable bonds is 6. The number of hydrogen-bond donors (Lipinski definition) is 2. The maximum atomic E-state index is 14.5. The summed E-state index contributed by atoms with van der Waals surface area (Å²) in [5.41, 5.74) is 1.53. The Labute approximate surface area is 196 Å². The number of carbonyl (C=O) groups excluding carboxylic acids is 2. The van der Waals surface area contributed by atoms with Crippen LogP contribution in [0.4, 0.5) is 15.8 Å². The topological polar surface area (TPSA) is 88.9 Å². The molecular formula is C24H26FN5O2S. The van der Waals surface area contributed by atoms with Crippen LogP contribution in [0.1, 0.15) is 38.9 Å². The minimum Gasteiger partial charge on any atom is -0.326 e. The molecule has 0 bridgehead atoms. The zero-order valence-electron chi connectivity index (χ0n) is 18.6. The molecule has 0 saturated heterocycles. The van der Waals surface area contributed by atoms with Gasteiger partial charge in [0.15, 0.2) is 5.82 Å². The average molecular weight is 468 g/mol. The van der Waals surface area contributed by atoms with E-state index in [1.807, 2.05) is 12.1 Å². The highest BCUT2D eigenvalue weighted by Gasteiger charge is 2.20. The van der Waals surface area contributed by atoms with E-state index in [0.29, 0.717) is 11.5 Å². The van der Waals surface area contributed by atoms with Gasteiger partial charge in [0.2, 0.25) is 11.8 Å². The standard InChI is InChI=1S/C24H26FN5O2S/c1-15(33-19-10-8-18(9-11-19)26-16(2)31)24(32)27-21-14-17(7-12-20(21)25)23-29-28-22-6-4-3-5-13-30(22)23/h7-12,14-15H,3-6,13H2,1-2H3,(H,26,31)(H,27,32). The van der Waals surface area contributed by atoms with Crippen LogP contribution in [-0.2, 0) is 22.6 Å². The van der Waals surface area contributed by atoms with E-state index in [9.17, 15) is 14.0 Å². The van der Waals surface area contributed by atoms with Crippen molar-refractivity contribution < 1.29 is 14.0 Å². The summed E-state index contributed by atoms with van der Waals surface area (Å²) >= 11 is 1.35. The first kappa shape index (κ1) is 23.0. The second kappa shape index (κ2) is 10.2. The molecule has 0 saturated carbocycles. The second-order valence-electron chi connectivity index (χ2n) is 8.05. The van der Waals surface area contributed by atoms with Gasteiger partial charge in [0, 0.05) is 36.0 Å². The predicted octanol–water partition coefficient (Wildman–Crippen LogP) is 4.89. The number of thioether (sulfide) groups is 1. The van der Waals surface area contributed by atoms with Gasteiger partial charge in [0.1, 0.15) is 11.6 Å². The summed E-state index contributed by atoms with van der Waals surface area (Å²) in [5, 5.41) is 13.6. The highest BCUT2D eigenvalue weighted by molar-refractivity contribution is 8.00. The fraction of sp³-hybridized carbons (Fsp3) is 0.333. The van der Waals surface area contributed by atoms with Crippen molar-refractivity contribution in [1.29, 1.82) is 0 Å². The van der Waals surface area contributed by atoms with Gasteiger partial charge in [-0.25, -0.2) is 4.39 Å². The minimum atomic E-state index is -0.500. The molecule has 2 N–H and O–H groups in total. The van der Waals surface area contributed by atoms with Gasteiger partial charge in [-0.3, -0.25) is 9.59 Å². The number of benzene rings is 2. The van der Waals surface area contributed by atoms with E-state index in [0.717, 1.165) is 48.5 Å². The van der Waals surface area contributed by atoms with Crippen molar-refractivity contribution in [3.8, 4) is 11.4 Å². The van der Waals surface area contributed by atoms with Crippen molar-refractivity contribution in [2.75, 3.05) is 10.6 Å². The largest absolute Gasteiger partial charge is 0.326 e. The van der Waals surface area contributed by atoms with E-state index < -0.39 is 11.1 Å². The first-order chi connectivity index (χ1) is 15.9. The van der Waals surface area contributed by atoms with Gasteiger partial charge in [-0.15, -0.1) is 22.0 Å². The van der Waals surface area contributed by atoms with Crippen LogP contribution in [0.3, 0.4) is 0 Å². The molecular weight excluding hydrogens is 441 g/mol. The van der Waals surface area contributed by atoms with Crippen LogP contribution >= 0.6 is 11.8 Å². The molecule has 172 valence electrons. The summed E-state index contributed by atoms with van der Waals surface area (Å²) in [4.78, 5) is 24.8. The zero-order chi connectivity index (χ0) is 23.4. The highest BCUT2D eigenvalue weighted by Crippen LogP contribution is 2.29. The average Bonchev–Trinajstić information content (AvgIpc) is 3.04. The third-order valence-electron chi connectivity index (χ3n) is 5.45. The molecule has 0 radical (unpaired) electrons. The molecule has 33 heavy (non-hydrogen) atoms. The lowest BCUT2D eigenvalue weighted by atomic mass is 10.1. The molecule has 1 aliphatic rings. The first-order valence-electron chi connectivity index (χ1n) is 11.0. The number of nitrogens with one attached hydrogen (secondary N) is 2. The Hall–Kier alpha value is -3.20. The molecule has 2 amide bonds. The molecule has 0 fully saturated rings. The Morgan fingerprint density at radius 3 is 2.61 bits per heavy atom. The normalized spacial score (nSPS) is 14.2. The summed E-state index contributed by atoms with van der Waals surface area (Å²) in [7, 11) is 0. The van der Waals surface area contributed by atoms with Crippen molar-refractivity contribution in [3.63, 3.8) is 0 Å². The maximum Gasteiger partial charge on any atom is 0.237 e. The molecule has 4 rings (SSSR count). The monoisotopic (exact) mass is 467 g/mol. The van der Waals surface area contributed by atoms with Gasteiger partial charge in [-0.2, -0.15) is 0 Å². The SMILES string of the molecule is CC(=O)Nc1ccc(SC(C)C(=O)Nc2cc(-c3nnc4n3CCCCC4)ccc2F)cc1. The fourth-order valence-corrected chi connectivity index (χ4v) is 4.64. The predicted molar refractivity (Wildman–Crippen MR) is 128 cm³/mol. The van der Waals surface area contributed by atoms with Crippen molar-refractivity contribution in [1.82, 2.24) is 14.8 Å². The number of aryl methyl sites for hydroxylation is 1. The first-order valence-corrected chi connectivity index (χ1v) is 11.9. The number of nitrogens with zero attached hydrogens (tertiary/aromatic N) is 3. The van der Waals surface area contributed by atoms with Gasteiger partial charge < -0.3 is 15.2 Å². The van der Waals surface area contributed by atoms with Gasteiger partial charge in [0.25, 0.3) is 0 Å². The second-order valence-corrected chi connectivity index (χ2v) is 9.47. The number of amides is 2. The van der Waals surface area contributed by atoms with Crippen molar-refractivity contribution in [2.24, 2.45) is 0 Å². The van der Waals surface area contributed by atoms with Crippen LogP contribution in [0.15, 0.2) is 47.4 Å². The Morgan fingerprint density at radius 1 is 1.06 bits per heavy atom. The van der Waals surface area contributed by atoms with Crippen LogP contribution in [-0.4, -0.2) is 31.8 Å². The van der Waals surface area contributed by atoms with Crippen molar-refractivity contribution in [3.05, 3.63) is 54.1 Å². The van der Waals surface area contributed by atoms with E-state index in [-0.39, 0.29) is 17.5 Å². The molecule has 0 spiro atoms. The van der Waals surface area contributed by atoms with E-state index in [1.165, 1.54) is 24.8 Å². The van der Waals surface area contributed by atoms with Crippen LogP contribution < -0.4 is 10.6 Å². The minimum absolute atomic E-state index is 0.122. The van der Waals surface area contributed by atoms with Crippen LogP contribution in [0.5, 0.6) is 0 Å². The Kier molecular flexibility index (Phi) is 7.08. The fourth-order valence-electron chi connectivity index (χ4n) is 3.77. The van der Waals surface area contributed by atoms with E-state index in [1.54, 1.807) is 31.2 Å². The van der Waals surface area contributed by atoms with Crippen molar-refractivity contribution >= 4 is 35.0 Å². The molecule has 1 aromatic heterocycles. The molecule has 2 heterocycles. The van der Waals surface area contributed by atoms with Gasteiger partial charge in [-0.05, 0) is 62.2 Å². The zero-order valence-corrected chi connectivity index (χ0v) is 19.4. The summed E-state index contributed by atoms with van der Waals surface area (Å²) in [6.07, 6.45) is 4.19. The molecule has 1 atom stereocenters. The number of halogens is 1. The molecule has 2 aromatic carbocycles. The Bertz CT molecular complexity index is 1160. The van der Waals surface area contributed by atoms with Crippen LogP contribution in [0, 0.1) is 5.82 Å². The van der Waals surface area contributed by atoms with Gasteiger partial charge >= 0.3 is 0 Å². The van der Waals surface area contributed by atoms with E-state index in [2.05, 4.69) is 25.4 Å². The van der Waals surface area contributed by atoms with Gasteiger partial charge in [0.05, 0.1) is 10.9 Å². The maximum absolute atomic E-state index is 14.5. The lowest BCUT2D eigenvalue weighted by molar-refractivity contribution is -0.115. The third-order valence-corrected chi connectivity index (χ3v) is 6.56. The molecule has 1 unspecified atom stereocenters. The number of hydrogen-bond acceptors (Lipinski definition) is 5. The summed E-state index contributed by atoms with van der Waals surface area (Å²) < 4.78 is 16.6. The van der Waals surface area contributed by atoms with Crippen LogP contribution in [0.25, 0.3) is 11.4 Å². The van der Waals surface area contributed by atoms with Gasteiger partial charge in [-0.1, -0.05) is 6.42 Å². The molecule has 1 aliphatic heterocycles. The number of anilines is 2. The molecule has 7 nitrogen and oxygen atoms in total. The van der Waals surface area contributed by atoms with Crippen molar-refractivity contribution in [2.45, 2.75) is 56.2 Å². The molecule has 9 heteroatoms. The lowest BCUT2D eigenvalue weighted by Gasteiger charge is -2.14. The smallest absolute Gasteiger partial charge is 0.237 e. The summed E-state index contributed by atoms with van der Waals surface area (Å²) in [6, 6.07) is 11.9. The Morgan fingerprint density at radius 2 is 1.85 bits per heavy atom. The lowest BCUT2D eigenvalue weighted by Crippen LogP contribution is -2.23. The Balaban J connectivity index is 1.46. The number of aromatic nitrogens is 3. The van der Waals surface area contributed by atoms with E-state index >= 15 is 0 Å². The summed E-state index contributed by atoms with van der Waals surface area (Å²) in [5.74, 6) is 0.701. The van der Waals surface area contributed by atoms with E-state index in [4.69, 9.17) is 0 Å². The molecule has 0 aliphatic carbocycles. The molecule has 3 aromatic rings. The quantitative estimate of drug-likeness (QED) is 0.504. The number of fused-ring (bicyclic) bond motifs is 1. The highest BCUT2D eigenvalue weighted by atomic mass is 32.2. The third kappa shape index (κ3) is 5.60. The number of carbonyl (C=O) groups is 2. The summed E-state index contributed by atoms with van der Waals surface area (Å²) in [6.45, 7) is 4.05. The van der Waals surface area contributed by atoms with Crippen LogP contribution in [0.2, 0.25) is 0 Å².